The van der Waals surface area contributed by atoms with E-state index in [1.807, 2.05) is 25.2 Å². The van der Waals surface area contributed by atoms with Crippen LogP contribution in [-0.4, -0.2) is 131 Å². The number of carbonyl (C=O) groups is 3. The number of rotatable bonds is 24. The molecule has 9 N–H and O–H groups in total. The second-order valence-electron chi connectivity index (χ2n) is 18.3. The lowest BCUT2D eigenvalue weighted by Gasteiger charge is -2.38. The van der Waals surface area contributed by atoms with Crippen molar-refractivity contribution >= 4 is 33.4 Å². The summed E-state index contributed by atoms with van der Waals surface area (Å²) in [5, 5.41) is 68.2. The molecule has 0 radical (unpaired) electrons. The lowest BCUT2D eigenvalue weighted by molar-refractivity contribution is -0.165. The molecule has 70 heavy (non-hydrogen) atoms. The number of phosphoric ester groups is 2. The van der Waals surface area contributed by atoms with Crippen molar-refractivity contribution in [3.05, 3.63) is 48.6 Å². The maximum atomic E-state index is 13.9. The fourth-order valence-electron chi connectivity index (χ4n) is 8.26. The second kappa shape index (κ2) is 35.7. The Bertz CT molecular complexity index is 1700. The van der Waals surface area contributed by atoms with Crippen LogP contribution in [0.1, 0.15) is 162 Å². The van der Waals surface area contributed by atoms with Gasteiger partial charge in [-0.1, -0.05) is 133 Å². The lowest BCUT2D eigenvalue weighted by Crippen LogP contribution is -2.56. The van der Waals surface area contributed by atoms with Gasteiger partial charge in [0.15, 0.2) is 6.10 Å². The fraction of sp³-hybridized carbons (Fsp3) is 0.776. The molecule has 0 aromatic rings. The smallest absolute Gasteiger partial charge is 0.462 e. The van der Waals surface area contributed by atoms with Crippen LogP contribution in [-0.2, 0) is 46.6 Å². The normalized spacial score (nSPS) is 30.4. The zero-order valence-electron chi connectivity index (χ0n) is 41.1. The predicted octanol–water partition coefficient (Wildman–Crippen LogP) is 6.65. The number of Topliss-reactive ketones (excluding diaryl/α,β-unsaturated/α-hetero) is 1. The maximum absolute atomic E-state index is 13.9. The average molecular weight is 1040 g/mol. The summed E-state index contributed by atoms with van der Waals surface area (Å²) in [5.41, 5.74) is 0. The van der Waals surface area contributed by atoms with Gasteiger partial charge in [0.05, 0.1) is 36.9 Å². The van der Waals surface area contributed by atoms with Gasteiger partial charge in [-0.2, -0.15) is 0 Å². The molecule has 1 unspecified atom stereocenters. The summed E-state index contributed by atoms with van der Waals surface area (Å²) in [6, 6.07) is 0. The van der Waals surface area contributed by atoms with E-state index in [4.69, 9.17) is 23.0 Å². The quantitative estimate of drug-likeness (QED) is 0.0211. The van der Waals surface area contributed by atoms with Crippen molar-refractivity contribution in [2.24, 2.45) is 11.8 Å². The van der Waals surface area contributed by atoms with Gasteiger partial charge < -0.3 is 54.8 Å². The molecular formula is C49H84O19P2. The van der Waals surface area contributed by atoms with Crippen molar-refractivity contribution in [3.63, 3.8) is 0 Å². The minimum atomic E-state index is -5.80. The van der Waals surface area contributed by atoms with E-state index in [-0.39, 0.29) is 32.1 Å². The number of aliphatic hydroxyl groups is 6. The number of allylic oxidation sites excluding steroid dienone is 6. The number of ketones is 1. The first-order chi connectivity index (χ1) is 33.3. The summed E-state index contributed by atoms with van der Waals surface area (Å²) in [6.07, 6.45) is 8.92. The molecule has 0 amide bonds. The molecule has 0 aromatic heterocycles. The van der Waals surface area contributed by atoms with Gasteiger partial charge in [-0.05, 0) is 57.8 Å². The van der Waals surface area contributed by atoms with E-state index in [1.165, 1.54) is 38.5 Å². The zero-order valence-corrected chi connectivity index (χ0v) is 42.9. The van der Waals surface area contributed by atoms with Gasteiger partial charge >= 0.3 is 27.6 Å². The van der Waals surface area contributed by atoms with E-state index in [1.54, 1.807) is 0 Å². The molecule has 2 fully saturated rings. The summed E-state index contributed by atoms with van der Waals surface area (Å²) in [6.45, 7) is 2.52. The van der Waals surface area contributed by atoms with Crippen molar-refractivity contribution in [1.82, 2.24) is 0 Å². The number of esters is 2. The van der Waals surface area contributed by atoms with Crippen molar-refractivity contribution < 1.29 is 91.9 Å². The van der Waals surface area contributed by atoms with Gasteiger partial charge in [0, 0.05) is 25.2 Å². The largest absolute Gasteiger partial charge is 0.472 e. The topological polar surface area (TPSA) is 314 Å². The van der Waals surface area contributed by atoms with E-state index in [9.17, 15) is 68.8 Å². The lowest BCUT2D eigenvalue weighted by atomic mass is 9.82. The number of unbranched alkanes of at least 4 members (excludes halogenated alkanes) is 9. The fourth-order valence-corrected chi connectivity index (χ4v) is 9.79. The summed E-state index contributed by atoms with van der Waals surface area (Å²) in [5.74, 6) is -5.72. The summed E-state index contributed by atoms with van der Waals surface area (Å²) in [7, 11) is -11.5. The molecule has 2 aliphatic rings. The summed E-state index contributed by atoms with van der Waals surface area (Å²) >= 11 is 0. The summed E-state index contributed by atoms with van der Waals surface area (Å²) < 4.78 is 52.2. The Labute approximate surface area is 414 Å². The Morgan fingerprint density at radius 3 is 2.07 bits per heavy atom. The van der Waals surface area contributed by atoms with Crippen molar-refractivity contribution in [1.29, 1.82) is 0 Å². The van der Waals surface area contributed by atoms with E-state index in [2.05, 4.69) is 25.2 Å². The van der Waals surface area contributed by atoms with Crippen LogP contribution in [0.3, 0.4) is 0 Å². The Morgan fingerprint density at radius 1 is 0.786 bits per heavy atom. The van der Waals surface area contributed by atoms with E-state index in [0.29, 0.717) is 44.9 Å². The molecule has 0 spiro atoms. The van der Waals surface area contributed by atoms with Crippen LogP contribution in [0.5, 0.6) is 0 Å². The molecule has 19 nitrogen and oxygen atoms in total. The summed E-state index contributed by atoms with van der Waals surface area (Å²) in [4.78, 5) is 70.7. The average Bonchev–Trinajstić information content (AvgIpc) is 3.30. The number of cyclic esters (lactones) is 1. The van der Waals surface area contributed by atoms with Crippen LogP contribution >= 0.6 is 15.6 Å². The Balaban J connectivity index is 2.33. The molecule has 2 rings (SSSR count). The van der Waals surface area contributed by atoms with Gasteiger partial charge in [-0.15, -0.1) is 0 Å². The molecule has 1 aliphatic carbocycles. The molecule has 12 atom stereocenters. The highest BCUT2D eigenvalue weighted by atomic mass is 31.2. The van der Waals surface area contributed by atoms with Crippen LogP contribution in [0, 0.1) is 11.8 Å². The highest BCUT2D eigenvalue weighted by Gasteiger charge is 2.51. The van der Waals surface area contributed by atoms with E-state index >= 15 is 0 Å². The standard InChI is InChI=1S/C49H84O19P2/c1-3-5-7-8-9-10-11-12-13-14-15-16-17-18-19-20-26-30-43(54)66-37-34-64-42(53)29-25-22-21-24-28-38-40(51)33-41(52)39(32-31-36(50)27-23-6-4-2)45(56)48(67-69(59,60)61)49(47(58)46(57)44(38)55)68-70(62,63)65-35-37/h12-13,15-16,18-19,31-32,36-40,44-51,55-58H,3-11,14,17,20-30,33-35H2,1-2H3,(H,62,63)(H2,59,60,61)/b13-12-,16-15-,19-18-,32-31+/t36-,37+,38-,39-,40-,44+,45+,46-,47+,48+,49-/m0/s1. The molecule has 1 heterocycles. The van der Waals surface area contributed by atoms with Gasteiger partial charge in [0.1, 0.15) is 36.8 Å². The number of aliphatic hydroxyl groups excluding tert-OH is 6. The van der Waals surface area contributed by atoms with E-state index in [0.717, 1.165) is 37.8 Å². The third-order valence-corrected chi connectivity index (χ3v) is 13.8. The number of hydrogen-bond acceptors (Lipinski definition) is 16. The second-order valence-corrected chi connectivity index (χ2v) is 20.9. The number of fused-ring (bicyclic) bond motifs is 4. The van der Waals surface area contributed by atoms with Gasteiger partial charge in [0.2, 0.25) is 0 Å². The molecule has 404 valence electrons. The number of ether oxygens (including phenoxy) is 2. The maximum Gasteiger partial charge on any atom is 0.472 e. The third kappa shape index (κ3) is 27.0. The number of phosphoric acid groups is 2. The molecule has 0 aromatic carbocycles. The van der Waals surface area contributed by atoms with Gasteiger partial charge in [-0.25, -0.2) is 9.13 Å². The first kappa shape index (κ1) is 63.7. The Kier molecular flexibility index (Phi) is 32.4. The first-order valence-electron chi connectivity index (χ1n) is 25.3. The molecule has 2 bridgehead atoms. The Morgan fingerprint density at radius 2 is 1.40 bits per heavy atom. The zero-order chi connectivity index (χ0) is 52.0. The van der Waals surface area contributed by atoms with Gasteiger partial charge in [-0.3, -0.25) is 28.0 Å². The molecule has 1 aliphatic heterocycles. The van der Waals surface area contributed by atoms with Crippen molar-refractivity contribution in [2.75, 3.05) is 13.2 Å². The SMILES string of the molecule is CCCCCCCC/C=C\C/C=C\C/C=C\CCCC(=O)O[C@@H]1COC(=O)CCCCCC[C@@H]2[C@@H](O)[C@H](O)[C@@H](O)[C@H](OP(=O)(O)OC1)[C@H](OP(=O)(O)O)[C@H](O)[C@@H](/C=C/[C@@H](O)CCCCC)C(=O)C[C@@H]2O. The van der Waals surface area contributed by atoms with Gasteiger partial charge in [0.25, 0.3) is 0 Å². The molecular weight excluding hydrogens is 954 g/mol. The third-order valence-electron chi connectivity index (χ3n) is 12.3. The van der Waals surface area contributed by atoms with Crippen molar-refractivity contribution in [3.8, 4) is 0 Å². The minimum Gasteiger partial charge on any atom is -0.462 e. The number of hydrogen-bond donors (Lipinski definition) is 9. The Hall–Kier alpha value is -2.45. The van der Waals surface area contributed by atoms with Crippen LogP contribution < -0.4 is 0 Å². The molecule has 21 heteroatoms. The minimum absolute atomic E-state index is 0.0676. The highest BCUT2D eigenvalue weighted by Crippen LogP contribution is 2.49. The molecule has 1 saturated carbocycles. The van der Waals surface area contributed by atoms with Crippen LogP contribution in [0.15, 0.2) is 48.6 Å². The van der Waals surface area contributed by atoms with Crippen LogP contribution in [0.2, 0.25) is 0 Å². The highest BCUT2D eigenvalue weighted by molar-refractivity contribution is 7.47. The van der Waals surface area contributed by atoms with Crippen LogP contribution in [0.25, 0.3) is 0 Å². The number of carbonyl (C=O) groups excluding carboxylic acids is 3. The van der Waals surface area contributed by atoms with Crippen molar-refractivity contribution in [2.45, 2.75) is 216 Å². The first-order valence-corrected chi connectivity index (χ1v) is 28.3. The monoisotopic (exact) mass is 1040 g/mol. The van der Waals surface area contributed by atoms with Crippen LogP contribution in [0.4, 0.5) is 0 Å². The van der Waals surface area contributed by atoms with E-state index < -0.39 is 120 Å². The molecule has 1 saturated heterocycles. The predicted molar refractivity (Wildman–Crippen MR) is 261 cm³/mol.